The fourth-order valence-corrected chi connectivity index (χ4v) is 3.80. The Morgan fingerprint density at radius 1 is 1.29 bits per heavy atom. The first-order valence-corrected chi connectivity index (χ1v) is 8.95. The number of benzene rings is 1. The molecule has 2 atom stereocenters. The molecule has 0 radical (unpaired) electrons. The Hall–Kier alpha value is -2.22. The molecule has 0 aliphatic heterocycles. The number of hydrogen-bond donors (Lipinski definition) is 2. The predicted octanol–water partition coefficient (Wildman–Crippen LogP) is 2.82. The summed E-state index contributed by atoms with van der Waals surface area (Å²) < 4.78 is 1.71. The summed E-state index contributed by atoms with van der Waals surface area (Å²) in [4.78, 5) is 16.9. The molecule has 2 heterocycles. The quantitative estimate of drug-likeness (QED) is 0.673. The van der Waals surface area contributed by atoms with E-state index in [1.807, 2.05) is 37.4 Å². The summed E-state index contributed by atoms with van der Waals surface area (Å²) >= 11 is 0. The number of aromatic nitrogens is 4. The van der Waals surface area contributed by atoms with E-state index in [-0.39, 0.29) is 36.8 Å². The number of fused-ring (bicyclic) bond motifs is 1. The fraction of sp³-hybridized carbons (Fsp3) is 0.368. The molecule has 2 aromatic heterocycles. The molecule has 1 aromatic carbocycles. The summed E-state index contributed by atoms with van der Waals surface area (Å²) in [6, 6.07) is 7.98. The third-order valence-electron chi connectivity index (χ3n) is 5.27. The molecular formula is C19H24Cl2N6O. The molecule has 7 nitrogen and oxygen atoms in total. The van der Waals surface area contributed by atoms with Gasteiger partial charge >= 0.3 is 0 Å². The zero-order chi connectivity index (χ0) is 18.1. The number of carbonyl (C=O) groups excluding carboxylic acids is 1. The SMILES string of the molecule is Cc1c(C(=O)NC2CCCC2CN)nnn1-c1cccc2cnccc12.Cl.Cl. The average Bonchev–Trinajstić information content (AvgIpc) is 3.27. The van der Waals surface area contributed by atoms with E-state index in [2.05, 4.69) is 20.6 Å². The van der Waals surface area contributed by atoms with Crippen molar-refractivity contribution in [3.05, 3.63) is 48.0 Å². The standard InChI is InChI=1S/C19H22N6O.2ClH/c1-12-18(19(26)22-16-6-2-4-13(16)10-20)23-24-25(12)17-7-3-5-14-11-21-9-8-15(14)17;;/h3,5,7-9,11,13,16H,2,4,6,10,20H2,1H3,(H,22,26);2*1H. The van der Waals surface area contributed by atoms with Crippen LogP contribution in [0.4, 0.5) is 0 Å². The van der Waals surface area contributed by atoms with Gasteiger partial charge in [0.25, 0.3) is 5.91 Å². The normalized spacial score (nSPS) is 18.4. The molecule has 2 unspecified atom stereocenters. The average molecular weight is 423 g/mol. The van der Waals surface area contributed by atoms with Crippen LogP contribution < -0.4 is 11.1 Å². The lowest BCUT2D eigenvalue weighted by molar-refractivity contribution is 0.0923. The molecule has 150 valence electrons. The van der Waals surface area contributed by atoms with E-state index >= 15 is 0 Å². The lowest BCUT2D eigenvalue weighted by atomic mass is 10.0. The van der Waals surface area contributed by atoms with E-state index in [0.29, 0.717) is 23.9 Å². The minimum absolute atomic E-state index is 0. The second kappa shape index (κ2) is 9.32. The second-order valence-corrected chi connectivity index (χ2v) is 6.82. The summed E-state index contributed by atoms with van der Waals surface area (Å²) in [5, 5.41) is 13.5. The number of halogens is 2. The molecule has 0 bridgehead atoms. The Morgan fingerprint density at radius 2 is 2.11 bits per heavy atom. The topological polar surface area (TPSA) is 98.7 Å². The maximum absolute atomic E-state index is 12.7. The molecule has 0 saturated heterocycles. The van der Waals surface area contributed by atoms with Gasteiger partial charge in [-0.3, -0.25) is 9.78 Å². The Balaban J connectivity index is 0.00000140. The molecule has 1 amide bonds. The number of nitrogens with two attached hydrogens (primary N) is 1. The predicted molar refractivity (Wildman–Crippen MR) is 114 cm³/mol. The number of amides is 1. The van der Waals surface area contributed by atoms with Crippen LogP contribution in [-0.2, 0) is 0 Å². The molecule has 1 aliphatic carbocycles. The number of nitrogens with zero attached hydrogens (tertiary/aromatic N) is 4. The highest BCUT2D eigenvalue weighted by atomic mass is 35.5. The lowest BCUT2D eigenvalue weighted by Gasteiger charge is -2.18. The Labute approximate surface area is 175 Å². The van der Waals surface area contributed by atoms with Gasteiger partial charge in [-0.1, -0.05) is 23.8 Å². The van der Waals surface area contributed by atoms with Crippen molar-refractivity contribution in [1.29, 1.82) is 0 Å². The minimum Gasteiger partial charge on any atom is -0.348 e. The third-order valence-corrected chi connectivity index (χ3v) is 5.27. The van der Waals surface area contributed by atoms with Crippen molar-refractivity contribution < 1.29 is 4.79 Å². The molecular weight excluding hydrogens is 399 g/mol. The van der Waals surface area contributed by atoms with Gasteiger partial charge in [-0.05, 0) is 44.4 Å². The van der Waals surface area contributed by atoms with Gasteiger partial charge in [-0.15, -0.1) is 29.9 Å². The highest BCUT2D eigenvalue weighted by molar-refractivity contribution is 5.94. The van der Waals surface area contributed by atoms with Crippen molar-refractivity contribution in [3.63, 3.8) is 0 Å². The van der Waals surface area contributed by atoms with E-state index in [1.165, 1.54) is 0 Å². The maximum Gasteiger partial charge on any atom is 0.273 e. The van der Waals surface area contributed by atoms with Crippen molar-refractivity contribution in [2.75, 3.05) is 6.54 Å². The van der Waals surface area contributed by atoms with Gasteiger partial charge < -0.3 is 11.1 Å². The van der Waals surface area contributed by atoms with E-state index in [1.54, 1.807) is 10.9 Å². The van der Waals surface area contributed by atoms with Gasteiger partial charge in [-0.2, -0.15) is 0 Å². The summed E-state index contributed by atoms with van der Waals surface area (Å²) in [5.41, 5.74) is 7.77. The van der Waals surface area contributed by atoms with Crippen molar-refractivity contribution in [1.82, 2.24) is 25.3 Å². The Morgan fingerprint density at radius 3 is 2.89 bits per heavy atom. The van der Waals surface area contributed by atoms with Gasteiger partial charge in [-0.25, -0.2) is 4.68 Å². The number of hydrogen-bond acceptors (Lipinski definition) is 5. The zero-order valence-corrected chi connectivity index (χ0v) is 17.2. The van der Waals surface area contributed by atoms with Crippen LogP contribution in [0.5, 0.6) is 0 Å². The van der Waals surface area contributed by atoms with Gasteiger partial charge in [0.05, 0.1) is 11.4 Å². The molecule has 3 N–H and O–H groups in total. The summed E-state index contributed by atoms with van der Waals surface area (Å²) in [5.74, 6) is 0.167. The Bertz CT molecular complexity index is 955. The van der Waals surface area contributed by atoms with Crippen LogP contribution in [0.25, 0.3) is 16.5 Å². The summed E-state index contributed by atoms with van der Waals surface area (Å²) in [6.07, 6.45) is 6.70. The first-order valence-electron chi connectivity index (χ1n) is 8.95. The highest BCUT2D eigenvalue weighted by Crippen LogP contribution is 2.26. The van der Waals surface area contributed by atoms with Crippen LogP contribution in [-0.4, -0.2) is 38.5 Å². The first kappa shape index (κ1) is 22.1. The molecule has 0 spiro atoms. The molecule has 1 fully saturated rings. The Kier molecular flexibility index (Phi) is 7.35. The van der Waals surface area contributed by atoms with Crippen molar-refractivity contribution in [2.45, 2.75) is 32.2 Å². The van der Waals surface area contributed by atoms with Gasteiger partial charge in [0.1, 0.15) is 0 Å². The van der Waals surface area contributed by atoms with Crippen LogP contribution in [0.1, 0.15) is 35.4 Å². The van der Waals surface area contributed by atoms with Gasteiger partial charge in [0, 0.05) is 29.2 Å². The molecule has 9 heteroatoms. The number of rotatable bonds is 4. The maximum atomic E-state index is 12.7. The van der Waals surface area contributed by atoms with Crippen LogP contribution in [0.2, 0.25) is 0 Å². The highest BCUT2D eigenvalue weighted by Gasteiger charge is 2.29. The number of nitrogens with one attached hydrogen (secondary N) is 1. The van der Waals surface area contributed by atoms with E-state index in [4.69, 9.17) is 5.73 Å². The first-order chi connectivity index (χ1) is 12.7. The lowest BCUT2D eigenvalue weighted by Crippen LogP contribution is -2.40. The molecule has 3 aromatic rings. The summed E-state index contributed by atoms with van der Waals surface area (Å²) in [6.45, 7) is 2.46. The number of pyridine rings is 1. The van der Waals surface area contributed by atoms with Gasteiger partial charge in [0.15, 0.2) is 5.69 Å². The minimum atomic E-state index is -0.180. The molecule has 1 saturated carbocycles. The zero-order valence-electron chi connectivity index (χ0n) is 15.5. The van der Waals surface area contributed by atoms with E-state index in [0.717, 1.165) is 35.7 Å². The van der Waals surface area contributed by atoms with Crippen LogP contribution >= 0.6 is 24.8 Å². The van der Waals surface area contributed by atoms with Crippen LogP contribution in [0.15, 0.2) is 36.7 Å². The van der Waals surface area contributed by atoms with Gasteiger partial charge in [0.2, 0.25) is 0 Å². The monoisotopic (exact) mass is 422 g/mol. The van der Waals surface area contributed by atoms with E-state index in [9.17, 15) is 4.79 Å². The van der Waals surface area contributed by atoms with E-state index < -0.39 is 0 Å². The van der Waals surface area contributed by atoms with Crippen molar-refractivity contribution >= 4 is 41.5 Å². The third kappa shape index (κ3) is 3.97. The van der Waals surface area contributed by atoms with Crippen molar-refractivity contribution in [2.24, 2.45) is 11.7 Å². The van der Waals surface area contributed by atoms with Crippen LogP contribution in [0.3, 0.4) is 0 Å². The molecule has 4 rings (SSSR count). The molecule has 1 aliphatic rings. The summed E-state index contributed by atoms with van der Waals surface area (Å²) in [7, 11) is 0. The second-order valence-electron chi connectivity index (χ2n) is 6.82. The van der Waals surface area contributed by atoms with Crippen LogP contribution in [0, 0.1) is 12.8 Å². The largest absolute Gasteiger partial charge is 0.348 e. The molecule has 28 heavy (non-hydrogen) atoms. The fourth-order valence-electron chi connectivity index (χ4n) is 3.80. The van der Waals surface area contributed by atoms with Crippen molar-refractivity contribution in [3.8, 4) is 5.69 Å². The smallest absolute Gasteiger partial charge is 0.273 e. The number of carbonyl (C=O) groups is 1.